The third kappa shape index (κ3) is 2.78. The van der Waals surface area contributed by atoms with E-state index < -0.39 is 5.97 Å². The second kappa shape index (κ2) is 5.29. The van der Waals surface area contributed by atoms with Crippen LogP contribution in [0.2, 0.25) is 5.02 Å². The molecule has 2 rings (SSSR count). The highest BCUT2D eigenvalue weighted by Crippen LogP contribution is 2.49. The Balaban J connectivity index is 2.45. The Labute approximate surface area is 117 Å². The molecule has 0 aliphatic heterocycles. The van der Waals surface area contributed by atoms with Gasteiger partial charge in [0.05, 0.1) is 18.6 Å². The molecule has 1 saturated carbocycles. The highest BCUT2D eigenvalue weighted by Gasteiger charge is 2.36. The molecule has 0 amide bonds. The van der Waals surface area contributed by atoms with Gasteiger partial charge in [-0.2, -0.15) is 0 Å². The number of aromatic hydroxyl groups is 1. The molecule has 0 aromatic heterocycles. The van der Waals surface area contributed by atoms with Crippen LogP contribution < -0.4 is 4.74 Å². The van der Waals surface area contributed by atoms with E-state index in [1.807, 2.05) is 0 Å². The zero-order chi connectivity index (χ0) is 14.2. The van der Waals surface area contributed by atoms with E-state index >= 15 is 0 Å². The average molecular weight is 285 g/mol. The van der Waals surface area contributed by atoms with Crippen LogP contribution in [0.5, 0.6) is 11.5 Å². The highest BCUT2D eigenvalue weighted by molar-refractivity contribution is 6.32. The minimum atomic E-state index is -0.860. The molecule has 1 aliphatic carbocycles. The van der Waals surface area contributed by atoms with Gasteiger partial charge < -0.3 is 14.9 Å². The number of methoxy groups -OCH3 is 1. The van der Waals surface area contributed by atoms with E-state index in [-0.39, 0.29) is 18.1 Å². The Morgan fingerprint density at radius 2 is 2.21 bits per heavy atom. The molecule has 104 valence electrons. The molecule has 1 aromatic carbocycles. The molecule has 2 N–H and O–H groups in total. The van der Waals surface area contributed by atoms with Crippen molar-refractivity contribution in [2.24, 2.45) is 5.92 Å². The molecule has 0 saturated heterocycles. The molecule has 19 heavy (non-hydrogen) atoms. The molecule has 1 atom stereocenters. The van der Waals surface area contributed by atoms with Crippen LogP contribution in [0.1, 0.15) is 36.3 Å². The first kappa shape index (κ1) is 14.0. The summed E-state index contributed by atoms with van der Waals surface area (Å²) < 4.78 is 5.14. The lowest BCUT2D eigenvalue weighted by atomic mass is 9.89. The number of hydrogen-bond donors (Lipinski definition) is 2. The largest absolute Gasteiger partial charge is 0.507 e. The first-order valence-corrected chi connectivity index (χ1v) is 6.61. The van der Waals surface area contributed by atoms with Gasteiger partial charge in [0.15, 0.2) is 0 Å². The van der Waals surface area contributed by atoms with Crippen LogP contribution in [0.25, 0.3) is 0 Å². The molecular formula is C14H17ClO4. The number of hydrogen-bond acceptors (Lipinski definition) is 3. The lowest BCUT2D eigenvalue weighted by Crippen LogP contribution is -2.09. The quantitative estimate of drug-likeness (QED) is 0.870. The Kier molecular flexibility index (Phi) is 3.90. The lowest BCUT2D eigenvalue weighted by molar-refractivity contribution is -0.137. The van der Waals surface area contributed by atoms with Crippen molar-refractivity contribution in [2.45, 2.75) is 32.1 Å². The number of aliphatic carboxylic acids is 1. The topological polar surface area (TPSA) is 66.8 Å². The Morgan fingerprint density at radius 3 is 2.68 bits per heavy atom. The van der Waals surface area contributed by atoms with Gasteiger partial charge in [0.2, 0.25) is 0 Å². The number of benzene rings is 1. The van der Waals surface area contributed by atoms with Crippen LogP contribution in [-0.4, -0.2) is 23.3 Å². The molecule has 5 heteroatoms. The standard InChI is InChI=1S/C14H17ClO4/c1-7-13(18)10(5-11(15)14(7)19-2)9(6-12(16)17)8-3-4-8/h5,8-9,18H,3-4,6H2,1-2H3,(H,16,17). The van der Waals surface area contributed by atoms with E-state index in [1.54, 1.807) is 13.0 Å². The number of carboxylic acid groups (broad SMARTS) is 1. The smallest absolute Gasteiger partial charge is 0.303 e. The summed E-state index contributed by atoms with van der Waals surface area (Å²) >= 11 is 6.13. The van der Waals surface area contributed by atoms with Crippen molar-refractivity contribution in [3.8, 4) is 11.5 Å². The fourth-order valence-corrected chi connectivity index (χ4v) is 2.86. The second-order valence-electron chi connectivity index (χ2n) is 5.00. The summed E-state index contributed by atoms with van der Waals surface area (Å²) in [6.45, 7) is 1.72. The van der Waals surface area contributed by atoms with E-state index in [0.29, 0.717) is 27.8 Å². The lowest BCUT2D eigenvalue weighted by Gasteiger charge is -2.19. The monoisotopic (exact) mass is 284 g/mol. The number of ether oxygens (including phenoxy) is 1. The number of carbonyl (C=O) groups is 1. The summed E-state index contributed by atoms with van der Waals surface area (Å²) in [6, 6.07) is 1.63. The van der Waals surface area contributed by atoms with E-state index in [1.165, 1.54) is 7.11 Å². The Hall–Kier alpha value is -1.42. The summed E-state index contributed by atoms with van der Waals surface area (Å²) in [6.07, 6.45) is 2.01. The van der Waals surface area contributed by atoms with Crippen LogP contribution in [0, 0.1) is 12.8 Å². The fourth-order valence-electron chi connectivity index (χ4n) is 2.52. The normalized spacial score (nSPS) is 16.2. The van der Waals surface area contributed by atoms with Gasteiger partial charge in [-0.1, -0.05) is 11.6 Å². The first-order valence-electron chi connectivity index (χ1n) is 6.23. The van der Waals surface area contributed by atoms with E-state index in [0.717, 1.165) is 12.8 Å². The molecule has 1 fully saturated rings. The first-order chi connectivity index (χ1) is 8.95. The third-order valence-corrected chi connectivity index (χ3v) is 3.94. The van der Waals surface area contributed by atoms with Gasteiger partial charge in [-0.05, 0) is 37.3 Å². The van der Waals surface area contributed by atoms with Crippen molar-refractivity contribution in [3.63, 3.8) is 0 Å². The van der Waals surface area contributed by atoms with Crippen molar-refractivity contribution in [1.82, 2.24) is 0 Å². The van der Waals surface area contributed by atoms with Gasteiger partial charge in [-0.25, -0.2) is 0 Å². The van der Waals surface area contributed by atoms with Gasteiger partial charge >= 0.3 is 5.97 Å². The molecule has 0 heterocycles. The van der Waals surface area contributed by atoms with Crippen molar-refractivity contribution < 1.29 is 19.7 Å². The third-order valence-electron chi connectivity index (χ3n) is 3.66. The number of carboxylic acids is 1. The van der Waals surface area contributed by atoms with Gasteiger partial charge in [0, 0.05) is 11.5 Å². The van der Waals surface area contributed by atoms with E-state index in [4.69, 9.17) is 21.4 Å². The molecule has 0 radical (unpaired) electrons. The summed E-state index contributed by atoms with van der Waals surface area (Å²) in [5.41, 5.74) is 1.18. The van der Waals surface area contributed by atoms with Gasteiger partial charge in [0.25, 0.3) is 0 Å². The molecule has 4 nitrogen and oxygen atoms in total. The van der Waals surface area contributed by atoms with Crippen molar-refractivity contribution >= 4 is 17.6 Å². The summed E-state index contributed by atoms with van der Waals surface area (Å²) in [7, 11) is 1.49. The maximum absolute atomic E-state index is 11.0. The minimum Gasteiger partial charge on any atom is -0.507 e. The minimum absolute atomic E-state index is 0.0142. The van der Waals surface area contributed by atoms with Gasteiger partial charge in [0.1, 0.15) is 11.5 Å². The molecule has 0 bridgehead atoms. The van der Waals surface area contributed by atoms with Crippen molar-refractivity contribution in [1.29, 1.82) is 0 Å². The van der Waals surface area contributed by atoms with Crippen molar-refractivity contribution in [3.05, 3.63) is 22.2 Å². The summed E-state index contributed by atoms with van der Waals surface area (Å²) in [5.74, 6) is -0.182. The van der Waals surface area contributed by atoms with Gasteiger partial charge in [-0.3, -0.25) is 4.79 Å². The average Bonchev–Trinajstić information content (AvgIpc) is 3.15. The Morgan fingerprint density at radius 1 is 1.58 bits per heavy atom. The zero-order valence-corrected chi connectivity index (χ0v) is 11.7. The molecule has 1 aliphatic rings. The number of phenolic OH excluding ortho intramolecular Hbond substituents is 1. The maximum atomic E-state index is 11.0. The number of rotatable bonds is 5. The Bertz CT molecular complexity index is 509. The predicted molar refractivity (Wildman–Crippen MR) is 72.1 cm³/mol. The van der Waals surface area contributed by atoms with Crippen LogP contribution >= 0.6 is 11.6 Å². The zero-order valence-electron chi connectivity index (χ0n) is 10.9. The van der Waals surface area contributed by atoms with Crippen LogP contribution in [0.4, 0.5) is 0 Å². The molecule has 1 aromatic rings. The maximum Gasteiger partial charge on any atom is 0.303 e. The molecule has 1 unspecified atom stereocenters. The molecular weight excluding hydrogens is 268 g/mol. The molecule has 0 spiro atoms. The SMILES string of the molecule is COc1c(Cl)cc(C(CC(=O)O)C2CC2)c(O)c1C. The van der Waals surface area contributed by atoms with Gasteiger partial charge in [-0.15, -0.1) is 0 Å². The highest BCUT2D eigenvalue weighted by atomic mass is 35.5. The number of halogens is 1. The predicted octanol–water partition coefficient (Wildman–Crippen LogP) is 3.33. The summed E-state index contributed by atoms with van der Waals surface area (Å²) in [5, 5.41) is 19.7. The second-order valence-corrected chi connectivity index (χ2v) is 5.40. The van der Waals surface area contributed by atoms with E-state index in [9.17, 15) is 9.90 Å². The summed E-state index contributed by atoms with van der Waals surface area (Å²) in [4.78, 5) is 11.0. The fraction of sp³-hybridized carbons (Fsp3) is 0.500. The van der Waals surface area contributed by atoms with Crippen LogP contribution in [0.15, 0.2) is 6.07 Å². The van der Waals surface area contributed by atoms with Crippen LogP contribution in [-0.2, 0) is 4.79 Å². The van der Waals surface area contributed by atoms with E-state index in [2.05, 4.69) is 0 Å². The van der Waals surface area contributed by atoms with Crippen molar-refractivity contribution in [2.75, 3.05) is 7.11 Å². The van der Waals surface area contributed by atoms with Crippen LogP contribution in [0.3, 0.4) is 0 Å². The number of phenols is 1.